The van der Waals surface area contributed by atoms with E-state index in [9.17, 15) is 13.2 Å². The molecule has 0 spiro atoms. The van der Waals surface area contributed by atoms with Crippen molar-refractivity contribution in [3.8, 4) is 0 Å². The van der Waals surface area contributed by atoms with Crippen molar-refractivity contribution in [3.05, 3.63) is 29.3 Å². The van der Waals surface area contributed by atoms with Crippen LogP contribution in [0.4, 0.5) is 18.9 Å². The molecule has 0 saturated heterocycles. The highest BCUT2D eigenvalue weighted by Crippen LogP contribution is 2.37. The normalized spacial score (nSPS) is 20.7. The van der Waals surface area contributed by atoms with Gasteiger partial charge in [0.2, 0.25) is 0 Å². The van der Waals surface area contributed by atoms with E-state index in [0.717, 1.165) is 12.5 Å². The predicted molar refractivity (Wildman–Crippen MR) is 52.8 cm³/mol. The molecule has 15 heavy (non-hydrogen) atoms. The van der Waals surface area contributed by atoms with Gasteiger partial charge >= 0.3 is 6.18 Å². The van der Waals surface area contributed by atoms with Crippen LogP contribution < -0.4 is 5.32 Å². The summed E-state index contributed by atoms with van der Waals surface area (Å²) in [5, 5.41) is 3.07. The van der Waals surface area contributed by atoms with Crippen LogP contribution in [-0.2, 0) is 12.6 Å². The van der Waals surface area contributed by atoms with Crippen LogP contribution in [0.1, 0.15) is 24.5 Å². The number of alkyl halides is 3. The lowest BCUT2D eigenvalue weighted by atomic mass is 9.94. The number of rotatable bonds is 0. The van der Waals surface area contributed by atoms with E-state index in [-0.39, 0.29) is 6.04 Å². The topological polar surface area (TPSA) is 12.0 Å². The highest BCUT2D eigenvalue weighted by atomic mass is 19.4. The summed E-state index contributed by atoms with van der Waals surface area (Å²) in [6.07, 6.45) is -2.99. The molecule has 0 aromatic heterocycles. The summed E-state index contributed by atoms with van der Waals surface area (Å²) in [5.74, 6) is 0. The number of hydrogen-bond acceptors (Lipinski definition) is 1. The lowest BCUT2D eigenvalue weighted by Crippen LogP contribution is -2.24. The van der Waals surface area contributed by atoms with Gasteiger partial charge in [0, 0.05) is 11.7 Å². The van der Waals surface area contributed by atoms with Crippen molar-refractivity contribution in [1.29, 1.82) is 0 Å². The Morgan fingerprint density at radius 2 is 2.07 bits per heavy atom. The van der Waals surface area contributed by atoms with E-state index in [4.69, 9.17) is 0 Å². The third-order valence-electron chi connectivity index (χ3n) is 2.71. The van der Waals surface area contributed by atoms with Crippen LogP contribution in [0, 0.1) is 0 Å². The molecule has 1 aromatic rings. The molecule has 0 amide bonds. The fourth-order valence-corrected chi connectivity index (χ4v) is 1.96. The van der Waals surface area contributed by atoms with E-state index < -0.39 is 11.7 Å². The van der Waals surface area contributed by atoms with Crippen molar-refractivity contribution >= 4 is 5.69 Å². The van der Waals surface area contributed by atoms with Gasteiger partial charge in [0.15, 0.2) is 0 Å². The standard InChI is InChI=1S/C11H12F3N/c1-7-5-6-8-9(11(12,13)14)3-2-4-10(8)15-7/h2-4,7,15H,5-6H2,1H3. The molecular formula is C11H12F3N. The van der Waals surface area contributed by atoms with E-state index in [2.05, 4.69) is 5.32 Å². The first kappa shape index (κ1) is 10.3. The van der Waals surface area contributed by atoms with Crippen molar-refractivity contribution in [2.75, 3.05) is 5.32 Å². The SMILES string of the molecule is CC1CCc2c(cccc2C(F)(F)F)N1. The third kappa shape index (κ3) is 1.94. The first-order chi connectivity index (χ1) is 6.98. The Bertz CT molecular complexity index is 371. The molecule has 1 nitrogen and oxygen atoms in total. The Hall–Kier alpha value is -1.19. The number of hydrogen-bond donors (Lipinski definition) is 1. The fraction of sp³-hybridized carbons (Fsp3) is 0.455. The van der Waals surface area contributed by atoms with Gasteiger partial charge in [-0.15, -0.1) is 0 Å². The number of benzene rings is 1. The molecule has 0 saturated carbocycles. The quantitative estimate of drug-likeness (QED) is 0.698. The lowest BCUT2D eigenvalue weighted by molar-refractivity contribution is -0.138. The zero-order chi connectivity index (χ0) is 11.1. The second-order valence-corrected chi connectivity index (χ2v) is 3.91. The van der Waals surface area contributed by atoms with Crippen molar-refractivity contribution in [2.45, 2.75) is 32.0 Å². The van der Waals surface area contributed by atoms with Gasteiger partial charge in [-0.3, -0.25) is 0 Å². The van der Waals surface area contributed by atoms with E-state index in [1.54, 1.807) is 6.07 Å². The molecular weight excluding hydrogens is 203 g/mol. The Labute approximate surface area is 86.3 Å². The van der Waals surface area contributed by atoms with Gasteiger partial charge in [-0.25, -0.2) is 0 Å². The Balaban J connectivity index is 2.47. The molecule has 1 aliphatic rings. The summed E-state index contributed by atoms with van der Waals surface area (Å²) in [5.41, 5.74) is 0.533. The van der Waals surface area contributed by atoms with Crippen molar-refractivity contribution in [1.82, 2.24) is 0 Å². The Morgan fingerprint density at radius 3 is 2.73 bits per heavy atom. The van der Waals surface area contributed by atoms with Crippen LogP contribution in [0.2, 0.25) is 0 Å². The van der Waals surface area contributed by atoms with E-state index in [0.29, 0.717) is 17.7 Å². The van der Waals surface area contributed by atoms with Crippen LogP contribution in [0.3, 0.4) is 0 Å². The molecule has 0 radical (unpaired) electrons. The minimum Gasteiger partial charge on any atom is -0.382 e. The van der Waals surface area contributed by atoms with E-state index in [1.807, 2.05) is 6.92 Å². The fourth-order valence-electron chi connectivity index (χ4n) is 1.96. The molecule has 1 heterocycles. The van der Waals surface area contributed by atoms with Gasteiger partial charge in [-0.1, -0.05) is 6.07 Å². The summed E-state index contributed by atoms with van der Waals surface area (Å²) < 4.78 is 37.9. The summed E-state index contributed by atoms with van der Waals surface area (Å²) >= 11 is 0. The van der Waals surface area contributed by atoms with E-state index >= 15 is 0 Å². The molecule has 0 aliphatic carbocycles. The van der Waals surface area contributed by atoms with Crippen LogP contribution in [-0.4, -0.2) is 6.04 Å². The molecule has 1 aromatic carbocycles. The first-order valence-electron chi connectivity index (χ1n) is 4.94. The van der Waals surface area contributed by atoms with Gasteiger partial charge in [0.1, 0.15) is 0 Å². The molecule has 1 N–H and O–H groups in total. The van der Waals surface area contributed by atoms with Crippen LogP contribution in [0.5, 0.6) is 0 Å². The summed E-state index contributed by atoms with van der Waals surface area (Å²) in [7, 11) is 0. The van der Waals surface area contributed by atoms with Gasteiger partial charge < -0.3 is 5.32 Å². The number of anilines is 1. The monoisotopic (exact) mass is 215 g/mol. The van der Waals surface area contributed by atoms with Gasteiger partial charge in [0.05, 0.1) is 5.56 Å². The predicted octanol–water partition coefficient (Wildman–Crippen LogP) is 3.45. The number of halogens is 3. The Morgan fingerprint density at radius 1 is 1.33 bits per heavy atom. The van der Waals surface area contributed by atoms with Crippen LogP contribution in [0.15, 0.2) is 18.2 Å². The molecule has 0 bridgehead atoms. The molecule has 82 valence electrons. The maximum atomic E-state index is 12.6. The zero-order valence-electron chi connectivity index (χ0n) is 8.36. The molecule has 0 fully saturated rings. The highest BCUT2D eigenvalue weighted by molar-refractivity contribution is 5.57. The van der Waals surface area contributed by atoms with Gasteiger partial charge in [-0.05, 0) is 37.5 Å². The van der Waals surface area contributed by atoms with Gasteiger partial charge in [-0.2, -0.15) is 13.2 Å². The van der Waals surface area contributed by atoms with Crippen molar-refractivity contribution < 1.29 is 13.2 Å². The lowest BCUT2D eigenvalue weighted by Gasteiger charge is -2.26. The maximum Gasteiger partial charge on any atom is 0.416 e. The Kier molecular flexibility index (Phi) is 2.37. The van der Waals surface area contributed by atoms with E-state index in [1.165, 1.54) is 6.07 Å². The largest absolute Gasteiger partial charge is 0.416 e. The summed E-state index contributed by atoms with van der Waals surface area (Å²) in [4.78, 5) is 0. The van der Waals surface area contributed by atoms with Crippen LogP contribution >= 0.6 is 0 Å². The van der Waals surface area contributed by atoms with Crippen molar-refractivity contribution in [3.63, 3.8) is 0 Å². The molecule has 1 atom stereocenters. The van der Waals surface area contributed by atoms with Crippen LogP contribution in [0.25, 0.3) is 0 Å². The molecule has 4 heteroatoms. The smallest absolute Gasteiger partial charge is 0.382 e. The van der Waals surface area contributed by atoms with Crippen molar-refractivity contribution in [2.24, 2.45) is 0 Å². The molecule has 1 unspecified atom stereocenters. The average Bonchev–Trinajstić information content (AvgIpc) is 2.15. The second kappa shape index (κ2) is 3.43. The summed E-state index contributed by atoms with van der Waals surface area (Å²) in [6.45, 7) is 1.98. The zero-order valence-corrected chi connectivity index (χ0v) is 8.36. The third-order valence-corrected chi connectivity index (χ3v) is 2.71. The molecule has 2 rings (SSSR count). The first-order valence-corrected chi connectivity index (χ1v) is 4.94. The molecule has 1 aliphatic heterocycles. The minimum absolute atomic E-state index is 0.251. The highest BCUT2D eigenvalue weighted by Gasteiger charge is 2.34. The number of fused-ring (bicyclic) bond motifs is 1. The van der Waals surface area contributed by atoms with Gasteiger partial charge in [0.25, 0.3) is 0 Å². The average molecular weight is 215 g/mol. The summed E-state index contributed by atoms with van der Waals surface area (Å²) in [6, 6.07) is 4.56. The number of nitrogens with one attached hydrogen (secondary N) is 1. The minimum atomic E-state index is -4.24. The second-order valence-electron chi connectivity index (χ2n) is 3.91. The maximum absolute atomic E-state index is 12.6.